The van der Waals surface area contributed by atoms with Gasteiger partial charge in [-0.15, -0.1) is 24.0 Å². The molecule has 1 unspecified atom stereocenters. The van der Waals surface area contributed by atoms with Gasteiger partial charge < -0.3 is 15.4 Å². The number of rotatable bonds is 8. The quantitative estimate of drug-likeness (QED) is 0.278. The van der Waals surface area contributed by atoms with Crippen molar-refractivity contribution in [3.63, 3.8) is 0 Å². The standard InChI is InChI=1S/C14H27N3OS.HI/c1-2-15-14(17-10-13-4-3-9-19-13)16-7-8-18-11-12-5-6-12;/h12-13H,2-11H2,1H3,(H2,15,16,17);1H. The Balaban J connectivity index is 0.00000200. The van der Waals surface area contributed by atoms with Gasteiger partial charge in [0.1, 0.15) is 0 Å². The zero-order chi connectivity index (χ0) is 13.3. The van der Waals surface area contributed by atoms with Crippen LogP contribution in [-0.2, 0) is 4.74 Å². The molecule has 6 heteroatoms. The number of nitrogens with one attached hydrogen (secondary N) is 2. The topological polar surface area (TPSA) is 45.7 Å². The molecule has 2 N–H and O–H groups in total. The maximum Gasteiger partial charge on any atom is 0.191 e. The first-order valence-electron chi connectivity index (χ1n) is 7.60. The molecule has 0 aromatic carbocycles. The highest BCUT2D eigenvalue weighted by atomic mass is 127. The van der Waals surface area contributed by atoms with Gasteiger partial charge in [-0.1, -0.05) is 0 Å². The van der Waals surface area contributed by atoms with Crippen LogP contribution in [0.1, 0.15) is 32.6 Å². The van der Waals surface area contributed by atoms with Crippen LogP contribution in [0.3, 0.4) is 0 Å². The minimum Gasteiger partial charge on any atom is -0.379 e. The van der Waals surface area contributed by atoms with Gasteiger partial charge in [0.05, 0.1) is 13.2 Å². The second-order valence-electron chi connectivity index (χ2n) is 5.30. The number of aliphatic imine (C=N–C) groups is 1. The van der Waals surface area contributed by atoms with E-state index in [2.05, 4.69) is 34.3 Å². The highest BCUT2D eigenvalue weighted by Crippen LogP contribution is 2.28. The summed E-state index contributed by atoms with van der Waals surface area (Å²) < 4.78 is 5.61. The Hall–Kier alpha value is 0.310. The Morgan fingerprint density at radius 1 is 1.30 bits per heavy atom. The third-order valence-electron chi connectivity index (χ3n) is 3.41. The van der Waals surface area contributed by atoms with E-state index in [9.17, 15) is 0 Å². The van der Waals surface area contributed by atoms with Crippen LogP contribution in [0.5, 0.6) is 0 Å². The van der Waals surface area contributed by atoms with Gasteiger partial charge >= 0.3 is 0 Å². The summed E-state index contributed by atoms with van der Waals surface area (Å²) >= 11 is 2.06. The number of halogens is 1. The largest absolute Gasteiger partial charge is 0.379 e. The van der Waals surface area contributed by atoms with Crippen LogP contribution in [0.4, 0.5) is 0 Å². The fraction of sp³-hybridized carbons (Fsp3) is 0.929. The molecule has 1 aliphatic heterocycles. The lowest BCUT2D eigenvalue weighted by molar-refractivity contribution is 0.129. The molecule has 1 heterocycles. The number of ether oxygens (including phenoxy) is 1. The Kier molecular flexibility index (Phi) is 10.1. The summed E-state index contributed by atoms with van der Waals surface area (Å²) in [4.78, 5) is 4.66. The molecule has 0 amide bonds. The summed E-state index contributed by atoms with van der Waals surface area (Å²) in [6, 6.07) is 0. The lowest BCUT2D eigenvalue weighted by Crippen LogP contribution is -2.39. The van der Waals surface area contributed by atoms with Crippen molar-refractivity contribution in [3.8, 4) is 0 Å². The molecule has 2 aliphatic rings. The van der Waals surface area contributed by atoms with Gasteiger partial charge in [-0.3, -0.25) is 4.99 Å². The minimum atomic E-state index is 0. The second-order valence-corrected chi connectivity index (χ2v) is 6.71. The summed E-state index contributed by atoms with van der Waals surface area (Å²) in [5, 5.41) is 7.36. The van der Waals surface area contributed by atoms with Gasteiger partial charge in [-0.05, 0) is 44.3 Å². The van der Waals surface area contributed by atoms with E-state index in [-0.39, 0.29) is 24.0 Å². The molecule has 2 fully saturated rings. The fourth-order valence-electron chi connectivity index (χ4n) is 2.10. The maximum absolute atomic E-state index is 5.61. The fourth-order valence-corrected chi connectivity index (χ4v) is 3.28. The second kappa shape index (κ2) is 11.0. The molecule has 20 heavy (non-hydrogen) atoms. The number of thioether (sulfide) groups is 1. The van der Waals surface area contributed by atoms with Crippen molar-refractivity contribution < 1.29 is 4.74 Å². The van der Waals surface area contributed by atoms with Crippen LogP contribution in [0, 0.1) is 5.92 Å². The molecule has 2 rings (SSSR count). The highest BCUT2D eigenvalue weighted by Gasteiger charge is 2.20. The van der Waals surface area contributed by atoms with Crippen molar-refractivity contribution >= 4 is 41.7 Å². The van der Waals surface area contributed by atoms with Crippen LogP contribution in [0.25, 0.3) is 0 Å². The first-order chi connectivity index (χ1) is 9.38. The zero-order valence-electron chi connectivity index (χ0n) is 12.4. The first-order valence-corrected chi connectivity index (χ1v) is 8.65. The molecule has 0 aromatic rings. The zero-order valence-corrected chi connectivity index (χ0v) is 15.5. The van der Waals surface area contributed by atoms with E-state index >= 15 is 0 Å². The molecule has 0 aromatic heterocycles. The van der Waals surface area contributed by atoms with Gasteiger partial charge in [0.2, 0.25) is 0 Å². The van der Waals surface area contributed by atoms with Crippen molar-refractivity contribution in [2.75, 3.05) is 38.6 Å². The summed E-state index contributed by atoms with van der Waals surface area (Å²) in [5.41, 5.74) is 0. The van der Waals surface area contributed by atoms with Gasteiger partial charge in [-0.25, -0.2) is 0 Å². The van der Waals surface area contributed by atoms with E-state index in [0.29, 0.717) is 0 Å². The molecule has 1 saturated carbocycles. The Morgan fingerprint density at radius 3 is 2.80 bits per heavy atom. The lowest BCUT2D eigenvalue weighted by Gasteiger charge is -2.12. The summed E-state index contributed by atoms with van der Waals surface area (Å²) in [5.74, 6) is 3.09. The van der Waals surface area contributed by atoms with E-state index in [1.54, 1.807) is 0 Å². The predicted octanol–water partition coefficient (Wildman–Crippen LogP) is 2.48. The summed E-state index contributed by atoms with van der Waals surface area (Å²) in [7, 11) is 0. The molecular weight excluding hydrogens is 385 g/mol. The number of guanidine groups is 1. The van der Waals surface area contributed by atoms with Gasteiger partial charge in [0.25, 0.3) is 0 Å². The number of hydrogen-bond donors (Lipinski definition) is 2. The van der Waals surface area contributed by atoms with Crippen molar-refractivity contribution in [2.24, 2.45) is 10.9 Å². The van der Waals surface area contributed by atoms with Crippen molar-refractivity contribution in [3.05, 3.63) is 0 Å². The van der Waals surface area contributed by atoms with Gasteiger partial charge in [-0.2, -0.15) is 11.8 Å². The third-order valence-corrected chi connectivity index (χ3v) is 4.79. The van der Waals surface area contributed by atoms with Crippen molar-refractivity contribution in [2.45, 2.75) is 37.9 Å². The molecule has 0 spiro atoms. The first kappa shape index (κ1) is 18.4. The van der Waals surface area contributed by atoms with Crippen LogP contribution >= 0.6 is 35.7 Å². The number of hydrogen-bond acceptors (Lipinski definition) is 3. The molecule has 0 bridgehead atoms. The molecule has 4 nitrogen and oxygen atoms in total. The average Bonchev–Trinajstić information content (AvgIpc) is 3.09. The Morgan fingerprint density at radius 2 is 2.15 bits per heavy atom. The van der Waals surface area contributed by atoms with E-state index in [0.717, 1.165) is 50.0 Å². The van der Waals surface area contributed by atoms with E-state index in [1.165, 1.54) is 31.4 Å². The van der Waals surface area contributed by atoms with Gasteiger partial charge in [0, 0.05) is 24.9 Å². The molecular formula is C14H28IN3OS. The normalized spacial score (nSPS) is 22.4. The smallest absolute Gasteiger partial charge is 0.191 e. The molecule has 1 saturated heterocycles. The number of nitrogens with zero attached hydrogens (tertiary/aromatic N) is 1. The summed E-state index contributed by atoms with van der Waals surface area (Å²) in [6.45, 7) is 6.50. The molecule has 1 aliphatic carbocycles. The van der Waals surface area contributed by atoms with Crippen molar-refractivity contribution in [1.82, 2.24) is 10.6 Å². The van der Waals surface area contributed by atoms with Gasteiger partial charge in [0.15, 0.2) is 5.96 Å². The van der Waals surface area contributed by atoms with Crippen LogP contribution < -0.4 is 10.6 Å². The summed E-state index contributed by atoms with van der Waals surface area (Å²) in [6.07, 6.45) is 5.38. The Labute approximate surface area is 144 Å². The van der Waals surface area contributed by atoms with Crippen molar-refractivity contribution in [1.29, 1.82) is 0 Å². The van der Waals surface area contributed by atoms with E-state index in [4.69, 9.17) is 4.74 Å². The molecule has 1 atom stereocenters. The van der Waals surface area contributed by atoms with E-state index in [1.807, 2.05) is 0 Å². The minimum absolute atomic E-state index is 0. The maximum atomic E-state index is 5.61. The van der Waals surface area contributed by atoms with Crippen LogP contribution in [-0.4, -0.2) is 49.8 Å². The van der Waals surface area contributed by atoms with E-state index < -0.39 is 0 Å². The monoisotopic (exact) mass is 413 g/mol. The Bertz CT molecular complexity index is 282. The van der Waals surface area contributed by atoms with Crippen LogP contribution in [0.15, 0.2) is 4.99 Å². The highest BCUT2D eigenvalue weighted by molar-refractivity contribution is 14.0. The molecule has 118 valence electrons. The average molecular weight is 413 g/mol. The lowest BCUT2D eigenvalue weighted by atomic mass is 10.2. The third kappa shape index (κ3) is 7.93. The molecule has 0 radical (unpaired) electrons. The predicted molar refractivity (Wildman–Crippen MR) is 98.4 cm³/mol. The SMILES string of the molecule is CCNC(=NCC1CCCS1)NCCOCC1CC1.I. The van der Waals surface area contributed by atoms with Crippen LogP contribution in [0.2, 0.25) is 0 Å².